The molecule has 3 rings (SSSR count). The van der Waals surface area contributed by atoms with Crippen molar-refractivity contribution in [3.8, 4) is 17.0 Å². The Balaban J connectivity index is 0.00000225. The van der Waals surface area contributed by atoms with Crippen molar-refractivity contribution in [1.29, 1.82) is 0 Å². The number of benzene rings is 2. The van der Waals surface area contributed by atoms with E-state index in [1.807, 2.05) is 41.1 Å². The van der Waals surface area contributed by atoms with Crippen LogP contribution < -0.4 is 4.74 Å². The van der Waals surface area contributed by atoms with Crippen LogP contribution in [0.5, 0.6) is 5.88 Å². The first-order valence-corrected chi connectivity index (χ1v) is 10.1. The van der Waals surface area contributed by atoms with E-state index in [-0.39, 0.29) is 24.8 Å². The second-order valence-electron chi connectivity index (χ2n) is 7.68. The molecule has 4 nitrogen and oxygen atoms in total. The van der Waals surface area contributed by atoms with Gasteiger partial charge < -0.3 is 4.74 Å². The van der Waals surface area contributed by atoms with E-state index in [1.54, 1.807) is 0 Å². The molecule has 30 heavy (non-hydrogen) atoms. The molecule has 3 aromatic rings. The van der Waals surface area contributed by atoms with E-state index in [4.69, 9.17) is 9.84 Å². The lowest BCUT2D eigenvalue weighted by molar-refractivity contribution is 0.165. The van der Waals surface area contributed by atoms with Crippen LogP contribution in [0.15, 0.2) is 66.9 Å². The highest BCUT2D eigenvalue weighted by atomic mass is 35.5. The molecule has 0 saturated carbocycles. The van der Waals surface area contributed by atoms with Crippen LogP contribution in [-0.4, -0.2) is 33.3 Å². The van der Waals surface area contributed by atoms with Crippen LogP contribution in [-0.2, 0) is 13.2 Å². The topological polar surface area (TPSA) is 30.3 Å². The molecular weight excluding hydrogens is 417 g/mol. The average molecular weight is 450 g/mol. The normalized spacial score (nSPS) is 10.8. The van der Waals surface area contributed by atoms with Crippen LogP contribution in [0.3, 0.4) is 0 Å². The van der Waals surface area contributed by atoms with Crippen LogP contribution in [0.4, 0.5) is 0 Å². The van der Waals surface area contributed by atoms with Crippen LogP contribution in [0.2, 0.25) is 0 Å². The minimum absolute atomic E-state index is 0. The Bertz CT molecular complexity index is 843. The highest BCUT2D eigenvalue weighted by Crippen LogP contribution is 2.29. The van der Waals surface area contributed by atoms with E-state index in [9.17, 15) is 0 Å². The van der Waals surface area contributed by atoms with E-state index >= 15 is 0 Å². The number of halogens is 2. The van der Waals surface area contributed by atoms with E-state index in [2.05, 4.69) is 63.1 Å². The maximum absolute atomic E-state index is 6.11. The maximum Gasteiger partial charge on any atom is 0.241 e. The monoisotopic (exact) mass is 449 g/mol. The second-order valence-corrected chi connectivity index (χ2v) is 7.68. The molecule has 0 fully saturated rings. The molecule has 0 saturated heterocycles. The van der Waals surface area contributed by atoms with Crippen molar-refractivity contribution in [3.63, 3.8) is 0 Å². The minimum Gasteiger partial charge on any atom is -0.471 e. The van der Waals surface area contributed by atoms with Crippen molar-refractivity contribution in [3.05, 3.63) is 72.4 Å². The van der Waals surface area contributed by atoms with Gasteiger partial charge in [0.05, 0.1) is 12.1 Å². The molecule has 0 spiro atoms. The lowest BCUT2D eigenvalue weighted by Crippen LogP contribution is -2.39. The van der Waals surface area contributed by atoms with Gasteiger partial charge >= 0.3 is 0 Å². The van der Waals surface area contributed by atoms with Gasteiger partial charge in [-0.1, -0.05) is 60.7 Å². The van der Waals surface area contributed by atoms with Gasteiger partial charge in [0.15, 0.2) is 0 Å². The predicted molar refractivity (Wildman–Crippen MR) is 130 cm³/mol. The fourth-order valence-corrected chi connectivity index (χ4v) is 3.50. The van der Waals surface area contributed by atoms with Gasteiger partial charge in [0.2, 0.25) is 5.88 Å². The quantitative estimate of drug-likeness (QED) is 0.395. The van der Waals surface area contributed by atoms with Gasteiger partial charge in [-0.05, 0) is 38.8 Å². The largest absolute Gasteiger partial charge is 0.471 e. The number of rotatable bonds is 9. The van der Waals surface area contributed by atoms with Gasteiger partial charge in [0, 0.05) is 24.8 Å². The molecule has 1 heterocycles. The zero-order valence-corrected chi connectivity index (χ0v) is 19.8. The molecule has 2 aromatic carbocycles. The summed E-state index contributed by atoms with van der Waals surface area (Å²) < 4.78 is 8.13. The van der Waals surface area contributed by atoms with E-state index in [0.717, 1.165) is 29.8 Å². The smallest absolute Gasteiger partial charge is 0.241 e. The number of nitrogens with zero attached hydrogens (tertiary/aromatic N) is 3. The lowest BCUT2D eigenvalue weighted by Gasteiger charge is -2.30. The standard InChI is InChI=1S/C24H31N3O.2ClH/c1-19(2)27(20(3)4)16-15-26-17-23(22-13-9-6-10-14-22)24(25-26)28-18-21-11-7-5-8-12-21;;/h5-14,17,19-20H,15-16,18H2,1-4H3;2*1H. The van der Waals surface area contributed by atoms with E-state index < -0.39 is 0 Å². The Labute approximate surface area is 193 Å². The molecule has 0 bridgehead atoms. The zero-order valence-electron chi connectivity index (χ0n) is 18.2. The van der Waals surface area contributed by atoms with Crippen molar-refractivity contribution in [2.45, 2.75) is 52.9 Å². The predicted octanol–water partition coefficient (Wildman–Crippen LogP) is 6.09. The number of hydrogen-bond acceptors (Lipinski definition) is 3. The van der Waals surface area contributed by atoms with Crippen LogP contribution in [0, 0.1) is 0 Å². The summed E-state index contributed by atoms with van der Waals surface area (Å²) in [6, 6.07) is 21.6. The Morgan fingerprint density at radius 3 is 2.00 bits per heavy atom. The Morgan fingerprint density at radius 2 is 1.43 bits per heavy atom. The van der Waals surface area contributed by atoms with Crippen molar-refractivity contribution < 1.29 is 4.74 Å². The van der Waals surface area contributed by atoms with Crippen molar-refractivity contribution >= 4 is 24.8 Å². The third-order valence-corrected chi connectivity index (χ3v) is 4.94. The van der Waals surface area contributed by atoms with E-state index in [1.165, 1.54) is 0 Å². The van der Waals surface area contributed by atoms with E-state index in [0.29, 0.717) is 24.6 Å². The first kappa shape index (κ1) is 26.0. The molecule has 0 N–H and O–H groups in total. The molecule has 0 atom stereocenters. The second kappa shape index (κ2) is 12.6. The third-order valence-electron chi connectivity index (χ3n) is 4.94. The zero-order chi connectivity index (χ0) is 19.9. The molecule has 0 aliphatic heterocycles. The SMILES string of the molecule is CC(C)N(CCn1cc(-c2ccccc2)c(OCc2ccccc2)n1)C(C)C.Cl.Cl. The molecule has 0 aliphatic carbocycles. The average Bonchev–Trinajstić information content (AvgIpc) is 3.10. The summed E-state index contributed by atoms with van der Waals surface area (Å²) in [5, 5.41) is 4.76. The van der Waals surface area contributed by atoms with Crippen molar-refractivity contribution in [2.75, 3.05) is 6.54 Å². The summed E-state index contributed by atoms with van der Waals surface area (Å²) in [7, 11) is 0. The Kier molecular flexibility index (Phi) is 11.0. The summed E-state index contributed by atoms with van der Waals surface area (Å²) in [6.45, 7) is 11.3. The summed E-state index contributed by atoms with van der Waals surface area (Å²) >= 11 is 0. The van der Waals surface area contributed by atoms with Gasteiger partial charge in [-0.15, -0.1) is 29.9 Å². The first-order valence-electron chi connectivity index (χ1n) is 10.1. The molecule has 0 radical (unpaired) electrons. The molecule has 0 amide bonds. The van der Waals surface area contributed by atoms with Gasteiger partial charge in [-0.25, -0.2) is 0 Å². The fourth-order valence-electron chi connectivity index (χ4n) is 3.50. The van der Waals surface area contributed by atoms with Crippen LogP contribution >= 0.6 is 24.8 Å². The maximum atomic E-state index is 6.11. The summed E-state index contributed by atoms with van der Waals surface area (Å²) in [5.41, 5.74) is 3.31. The minimum atomic E-state index is 0. The van der Waals surface area contributed by atoms with Crippen molar-refractivity contribution in [2.24, 2.45) is 0 Å². The van der Waals surface area contributed by atoms with Gasteiger partial charge in [0.1, 0.15) is 6.61 Å². The number of ether oxygens (including phenoxy) is 1. The molecule has 1 aromatic heterocycles. The molecule has 164 valence electrons. The highest BCUT2D eigenvalue weighted by Gasteiger charge is 2.16. The Morgan fingerprint density at radius 1 is 0.867 bits per heavy atom. The fraction of sp³-hybridized carbons (Fsp3) is 0.375. The van der Waals surface area contributed by atoms with Gasteiger partial charge in [-0.3, -0.25) is 9.58 Å². The van der Waals surface area contributed by atoms with Crippen molar-refractivity contribution in [1.82, 2.24) is 14.7 Å². The van der Waals surface area contributed by atoms with Crippen LogP contribution in [0.25, 0.3) is 11.1 Å². The summed E-state index contributed by atoms with van der Waals surface area (Å²) in [6.07, 6.45) is 2.11. The third kappa shape index (κ3) is 7.05. The molecule has 0 unspecified atom stereocenters. The van der Waals surface area contributed by atoms with Gasteiger partial charge in [0.25, 0.3) is 0 Å². The number of hydrogen-bond donors (Lipinski definition) is 0. The lowest BCUT2D eigenvalue weighted by atomic mass is 10.1. The molecular formula is C24H33Cl2N3O. The Hall–Kier alpha value is -2.01. The van der Waals surface area contributed by atoms with Crippen LogP contribution in [0.1, 0.15) is 33.3 Å². The molecule has 0 aliphatic rings. The molecule has 6 heteroatoms. The number of aromatic nitrogens is 2. The highest BCUT2D eigenvalue weighted by molar-refractivity contribution is 5.85. The first-order chi connectivity index (χ1) is 13.5. The van der Waals surface area contributed by atoms with Gasteiger partial charge in [-0.2, -0.15) is 0 Å². The summed E-state index contributed by atoms with van der Waals surface area (Å²) in [4.78, 5) is 2.48. The summed E-state index contributed by atoms with van der Waals surface area (Å²) in [5.74, 6) is 0.690.